The predicted octanol–water partition coefficient (Wildman–Crippen LogP) is 4.41. The minimum Gasteiger partial charge on any atom is -0.349 e. The standard InChI is InChI=1S/C25H31N7/c1-2-3-16-26-24-27-25(14-6-7-15-25)18-32(24)17-19-10-12-20(13-11-19)21-8-4-5-9-22(21)23-28-30-31-29-23/h4-5,8-13H,2-3,6-7,14-18H2,1H3,(H,26,27)(H,28,29,30,31). The van der Waals surface area contributed by atoms with Gasteiger partial charge >= 0.3 is 0 Å². The van der Waals surface area contributed by atoms with Crippen LogP contribution in [0.25, 0.3) is 22.5 Å². The molecule has 0 bridgehead atoms. The fourth-order valence-corrected chi connectivity index (χ4v) is 4.96. The highest BCUT2D eigenvalue weighted by Crippen LogP contribution is 2.35. The van der Waals surface area contributed by atoms with Crippen molar-refractivity contribution in [2.24, 2.45) is 4.99 Å². The van der Waals surface area contributed by atoms with Gasteiger partial charge in [-0.1, -0.05) is 74.7 Å². The first-order chi connectivity index (χ1) is 15.8. The van der Waals surface area contributed by atoms with Gasteiger partial charge in [0.1, 0.15) is 0 Å². The number of rotatable bonds is 7. The van der Waals surface area contributed by atoms with Gasteiger partial charge in [-0.15, -0.1) is 10.2 Å². The van der Waals surface area contributed by atoms with Crippen LogP contribution in [-0.4, -0.2) is 50.1 Å². The monoisotopic (exact) mass is 429 g/mol. The Morgan fingerprint density at radius 1 is 1.03 bits per heavy atom. The second-order valence-electron chi connectivity index (χ2n) is 9.01. The summed E-state index contributed by atoms with van der Waals surface area (Å²) in [6.45, 7) is 5.06. The molecule has 1 saturated heterocycles. The molecule has 7 heteroatoms. The molecule has 2 aromatic carbocycles. The normalized spacial score (nSPS) is 18.5. The van der Waals surface area contributed by atoms with Crippen molar-refractivity contribution in [3.63, 3.8) is 0 Å². The molecule has 1 aliphatic heterocycles. The second-order valence-corrected chi connectivity index (χ2v) is 9.01. The average molecular weight is 430 g/mol. The van der Waals surface area contributed by atoms with E-state index in [0.717, 1.165) is 48.7 Å². The molecule has 3 aromatic rings. The van der Waals surface area contributed by atoms with Gasteiger partial charge in [0.05, 0.1) is 5.54 Å². The Kier molecular flexibility index (Phi) is 5.88. The van der Waals surface area contributed by atoms with Gasteiger partial charge in [0.2, 0.25) is 5.82 Å². The number of aliphatic imine (C=N–C) groups is 1. The number of guanidine groups is 1. The SMILES string of the molecule is CCCCN=C1NC2(CCCC2)CN1Cc1ccc(-c2ccccc2-c2nn[nH]n2)cc1. The zero-order valence-electron chi connectivity index (χ0n) is 18.7. The van der Waals surface area contributed by atoms with E-state index in [2.05, 4.69) is 68.1 Å². The number of aromatic amines is 1. The molecule has 1 spiro atoms. The molecule has 2 heterocycles. The first-order valence-corrected chi connectivity index (χ1v) is 11.8. The number of nitrogens with one attached hydrogen (secondary N) is 2. The summed E-state index contributed by atoms with van der Waals surface area (Å²) in [4.78, 5) is 7.37. The third kappa shape index (κ3) is 4.24. The van der Waals surface area contributed by atoms with Crippen molar-refractivity contribution in [2.45, 2.75) is 57.5 Å². The summed E-state index contributed by atoms with van der Waals surface area (Å²) >= 11 is 0. The molecule has 0 atom stereocenters. The Morgan fingerprint density at radius 2 is 1.81 bits per heavy atom. The second kappa shape index (κ2) is 9.10. The molecule has 5 rings (SSSR count). The minimum atomic E-state index is 0.231. The lowest BCUT2D eigenvalue weighted by atomic mass is 9.98. The maximum Gasteiger partial charge on any atom is 0.205 e. The molecule has 32 heavy (non-hydrogen) atoms. The summed E-state index contributed by atoms with van der Waals surface area (Å²) < 4.78 is 0. The van der Waals surface area contributed by atoms with Gasteiger partial charge in [-0.25, -0.2) is 0 Å². The van der Waals surface area contributed by atoms with E-state index in [1.165, 1.54) is 37.7 Å². The van der Waals surface area contributed by atoms with Crippen LogP contribution in [0.2, 0.25) is 0 Å². The van der Waals surface area contributed by atoms with Crippen LogP contribution in [0.1, 0.15) is 51.0 Å². The van der Waals surface area contributed by atoms with Crippen molar-refractivity contribution in [1.82, 2.24) is 30.8 Å². The number of unbranched alkanes of at least 4 members (excludes halogenated alkanes) is 1. The smallest absolute Gasteiger partial charge is 0.205 e. The molecular formula is C25H31N7. The van der Waals surface area contributed by atoms with E-state index in [9.17, 15) is 0 Å². The van der Waals surface area contributed by atoms with E-state index in [4.69, 9.17) is 4.99 Å². The quantitative estimate of drug-likeness (QED) is 0.544. The maximum atomic E-state index is 4.92. The zero-order valence-corrected chi connectivity index (χ0v) is 18.7. The highest BCUT2D eigenvalue weighted by Gasteiger charge is 2.42. The van der Waals surface area contributed by atoms with Gasteiger partial charge in [0.15, 0.2) is 5.96 Å². The number of aromatic nitrogens is 4. The Balaban J connectivity index is 1.35. The van der Waals surface area contributed by atoms with Gasteiger partial charge in [-0.3, -0.25) is 4.99 Å². The lowest BCUT2D eigenvalue weighted by molar-refractivity contribution is 0.338. The van der Waals surface area contributed by atoms with Crippen LogP contribution in [0.5, 0.6) is 0 Å². The van der Waals surface area contributed by atoms with E-state index in [1.807, 2.05) is 18.2 Å². The van der Waals surface area contributed by atoms with Crippen molar-refractivity contribution in [3.05, 3.63) is 54.1 Å². The molecule has 166 valence electrons. The fourth-order valence-electron chi connectivity index (χ4n) is 4.96. The Labute approximate surface area is 189 Å². The van der Waals surface area contributed by atoms with E-state index < -0.39 is 0 Å². The molecule has 1 aromatic heterocycles. The van der Waals surface area contributed by atoms with Crippen molar-refractivity contribution in [1.29, 1.82) is 0 Å². The first-order valence-electron chi connectivity index (χ1n) is 11.8. The van der Waals surface area contributed by atoms with Gasteiger partial charge in [0, 0.05) is 25.2 Å². The number of hydrogen-bond acceptors (Lipinski definition) is 4. The van der Waals surface area contributed by atoms with Crippen molar-refractivity contribution >= 4 is 5.96 Å². The molecule has 0 unspecified atom stereocenters. The fraction of sp³-hybridized carbons (Fsp3) is 0.440. The lowest BCUT2D eigenvalue weighted by Gasteiger charge is -2.22. The molecule has 2 fully saturated rings. The van der Waals surface area contributed by atoms with Crippen LogP contribution in [0.15, 0.2) is 53.5 Å². The van der Waals surface area contributed by atoms with Gasteiger partial charge < -0.3 is 10.2 Å². The molecule has 1 saturated carbocycles. The topological polar surface area (TPSA) is 82.1 Å². The van der Waals surface area contributed by atoms with Crippen LogP contribution < -0.4 is 5.32 Å². The van der Waals surface area contributed by atoms with Gasteiger partial charge in [-0.05, 0) is 41.2 Å². The number of hydrogen-bond donors (Lipinski definition) is 2. The molecule has 0 radical (unpaired) electrons. The third-order valence-corrected chi connectivity index (χ3v) is 6.66. The lowest BCUT2D eigenvalue weighted by Crippen LogP contribution is -2.40. The summed E-state index contributed by atoms with van der Waals surface area (Å²) in [5.41, 5.74) is 4.76. The summed E-state index contributed by atoms with van der Waals surface area (Å²) in [5, 5.41) is 18.4. The molecule has 0 amide bonds. The minimum absolute atomic E-state index is 0.231. The molecule has 1 aliphatic carbocycles. The largest absolute Gasteiger partial charge is 0.349 e. The Morgan fingerprint density at radius 3 is 2.53 bits per heavy atom. The van der Waals surface area contributed by atoms with E-state index in [-0.39, 0.29) is 5.54 Å². The molecule has 2 N–H and O–H groups in total. The predicted molar refractivity (Wildman–Crippen MR) is 127 cm³/mol. The van der Waals surface area contributed by atoms with Crippen LogP contribution in [0.3, 0.4) is 0 Å². The van der Waals surface area contributed by atoms with E-state index >= 15 is 0 Å². The highest BCUT2D eigenvalue weighted by atomic mass is 15.5. The molecule has 7 nitrogen and oxygen atoms in total. The van der Waals surface area contributed by atoms with E-state index in [1.54, 1.807) is 0 Å². The average Bonchev–Trinajstić information content (AvgIpc) is 3.58. The van der Waals surface area contributed by atoms with Crippen molar-refractivity contribution in [2.75, 3.05) is 13.1 Å². The summed E-state index contributed by atoms with van der Waals surface area (Å²) in [7, 11) is 0. The van der Waals surface area contributed by atoms with Crippen molar-refractivity contribution < 1.29 is 0 Å². The van der Waals surface area contributed by atoms with Crippen molar-refractivity contribution in [3.8, 4) is 22.5 Å². The summed E-state index contributed by atoms with van der Waals surface area (Å²) in [6, 6.07) is 17.0. The number of H-pyrrole nitrogens is 1. The van der Waals surface area contributed by atoms with Gasteiger partial charge in [0.25, 0.3) is 0 Å². The molecular weight excluding hydrogens is 398 g/mol. The third-order valence-electron chi connectivity index (χ3n) is 6.66. The first kappa shape index (κ1) is 20.7. The van der Waals surface area contributed by atoms with E-state index in [0.29, 0.717) is 5.82 Å². The zero-order chi connectivity index (χ0) is 21.8. The molecule has 2 aliphatic rings. The van der Waals surface area contributed by atoms with Crippen LogP contribution in [0.4, 0.5) is 0 Å². The number of nitrogens with zero attached hydrogens (tertiary/aromatic N) is 5. The Hall–Kier alpha value is -3.22. The van der Waals surface area contributed by atoms with Gasteiger partial charge in [-0.2, -0.15) is 5.21 Å². The van der Waals surface area contributed by atoms with Crippen LogP contribution in [-0.2, 0) is 6.54 Å². The Bertz CT molecular complexity index is 1050. The highest BCUT2D eigenvalue weighted by molar-refractivity contribution is 5.83. The summed E-state index contributed by atoms with van der Waals surface area (Å²) in [5.74, 6) is 1.70. The van der Waals surface area contributed by atoms with Crippen LogP contribution in [0, 0.1) is 0 Å². The van der Waals surface area contributed by atoms with Crippen LogP contribution >= 0.6 is 0 Å². The number of tetrazole rings is 1. The maximum absolute atomic E-state index is 4.92. The number of benzene rings is 2. The summed E-state index contributed by atoms with van der Waals surface area (Å²) in [6.07, 6.45) is 7.45.